The highest BCUT2D eigenvalue weighted by molar-refractivity contribution is 6.32. The van der Waals surface area contributed by atoms with Crippen LogP contribution in [0.15, 0.2) is 18.2 Å². The van der Waals surface area contributed by atoms with Crippen LogP contribution in [0, 0.1) is 0 Å². The molecule has 0 bridgehead atoms. The lowest BCUT2D eigenvalue weighted by molar-refractivity contribution is -0.129. The van der Waals surface area contributed by atoms with Crippen molar-refractivity contribution in [2.45, 2.75) is 31.3 Å². The van der Waals surface area contributed by atoms with Crippen molar-refractivity contribution in [3.63, 3.8) is 0 Å². The Bertz CT molecular complexity index is 635. The van der Waals surface area contributed by atoms with Gasteiger partial charge in [0.2, 0.25) is 17.7 Å². The van der Waals surface area contributed by atoms with Crippen molar-refractivity contribution in [2.24, 2.45) is 5.73 Å². The maximum Gasteiger partial charge on any atom is 0.243 e. The van der Waals surface area contributed by atoms with E-state index in [-0.39, 0.29) is 12.3 Å². The number of methoxy groups -OCH3 is 1. The number of amides is 3. The fourth-order valence-corrected chi connectivity index (χ4v) is 2.66. The minimum atomic E-state index is -0.885. The zero-order valence-electron chi connectivity index (χ0n) is 12.6. The van der Waals surface area contributed by atoms with Crippen LogP contribution in [0.5, 0.6) is 5.75 Å². The Balaban J connectivity index is 2.04. The summed E-state index contributed by atoms with van der Waals surface area (Å²) in [6, 6.07) is 3.56. The second kappa shape index (κ2) is 7.32. The number of ether oxygens (including phenoxy) is 1. The number of benzene rings is 1. The first-order valence-corrected chi connectivity index (χ1v) is 7.50. The molecule has 0 aromatic heterocycles. The van der Waals surface area contributed by atoms with Gasteiger partial charge in [-0.15, -0.1) is 0 Å². The maximum atomic E-state index is 12.1. The van der Waals surface area contributed by atoms with Gasteiger partial charge in [0.25, 0.3) is 0 Å². The Kier molecular flexibility index (Phi) is 5.44. The van der Waals surface area contributed by atoms with Gasteiger partial charge < -0.3 is 21.1 Å². The van der Waals surface area contributed by atoms with Gasteiger partial charge >= 0.3 is 0 Å². The first-order chi connectivity index (χ1) is 10.9. The van der Waals surface area contributed by atoms with Crippen molar-refractivity contribution in [1.82, 2.24) is 10.6 Å². The predicted octanol–water partition coefficient (Wildman–Crippen LogP) is 0.140. The first-order valence-electron chi connectivity index (χ1n) is 7.12. The van der Waals surface area contributed by atoms with Crippen LogP contribution in [0.4, 0.5) is 0 Å². The normalized spacial score (nSPS) is 18.2. The number of primary amides is 1. The molecule has 0 radical (unpaired) electrons. The number of nitrogens with one attached hydrogen (secondary N) is 2. The summed E-state index contributed by atoms with van der Waals surface area (Å²) in [7, 11) is 1.50. The minimum absolute atomic E-state index is 0.178. The van der Waals surface area contributed by atoms with E-state index in [1.54, 1.807) is 18.2 Å². The number of carbonyl (C=O) groups is 3. The van der Waals surface area contributed by atoms with Gasteiger partial charge in [-0.1, -0.05) is 17.7 Å². The van der Waals surface area contributed by atoms with Gasteiger partial charge in [0.05, 0.1) is 12.1 Å². The number of carbonyl (C=O) groups excluding carboxylic acids is 3. The van der Waals surface area contributed by atoms with E-state index in [0.717, 1.165) is 5.56 Å². The zero-order valence-corrected chi connectivity index (χ0v) is 13.4. The van der Waals surface area contributed by atoms with Crippen LogP contribution in [-0.2, 0) is 20.8 Å². The van der Waals surface area contributed by atoms with Gasteiger partial charge in [-0.05, 0) is 24.1 Å². The smallest absolute Gasteiger partial charge is 0.243 e. The Morgan fingerprint density at radius 3 is 2.78 bits per heavy atom. The first kappa shape index (κ1) is 17.1. The highest BCUT2D eigenvalue weighted by Gasteiger charge is 2.29. The fraction of sp³-hybridized carbons (Fsp3) is 0.400. The number of hydrogen-bond donors (Lipinski definition) is 3. The summed E-state index contributed by atoms with van der Waals surface area (Å²) in [6.45, 7) is 0. The summed E-state index contributed by atoms with van der Waals surface area (Å²) in [5.74, 6) is -0.736. The van der Waals surface area contributed by atoms with Crippen LogP contribution in [0.1, 0.15) is 18.4 Å². The number of rotatable bonds is 6. The molecule has 1 aromatic rings. The molecule has 3 amide bonds. The summed E-state index contributed by atoms with van der Waals surface area (Å²) in [5, 5.41) is 5.52. The third-order valence-electron chi connectivity index (χ3n) is 3.63. The minimum Gasteiger partial charge on any atom is -0.495 e. The van der Waals surface area contributed by atoms with Crippen LogP contribution in [0.3, 0.4) is 0 Å². The quantitative estimate of drug-likeness (QED) is 0.684. The molecule has 0 aliphatic carbocycles. The number of nitrogens with two attached hydrogens (primary N) is 1. The molecule has 1 aliphatic heterocycles. The van der Waals surface area contributed by atoms with Crippen LogP contribution in [0.25, 0.3) is 0 Å². The predicted molar refractivity (Wildman–Crippen MR) is 84.0 cm³/mol. The number of hydrogen-bond acceptors (Lipinski definition) is 4. The Morgan fingerprint density at radius 2 is 2.26 bits per heavy atom. The molecule has 0 unspecified atom stereocenters. The van der Waals surface area contributed by atoms with Gasteiger partial charge in [-0.3, -0.25) is 14.4 Å². The van der Waals surface area contributed by atoms with Gasteiger partial charge in [0, 0.05) is 12.8 Å². The summed E-state index contributed by atoms with van der Waals surface area (Å²) in [5.41, 5.74) is 6.09. The van der Waals surface area contributed by atoms with Crippen LogP contribution < -0.4 is 21.1 Å². The molecule has 23 heavy (non-hydrogen) atoms. The molecule has 7 nitrogen and oxygen atoms in total. The topological polar surface area (TPSA) is 111 Å². The van der Waals surface area contributed by atoms with Gasteiger partial charge in [-0.25, -0.2) is 0 Å². The summed E-state index contributed by atoms with van der Waals surface area (Å²) in [6.07, 6.45) is 0.906. The van der Waals surface area contributed by atoms with E-state index in [4.69, 9.17) is 22.1 Å². The molecule has 1 heterocycles. The van der Waals surface area contributed by atoms with E-state index in [1.807, 2.05) is 0 Å². The largest absolute Gasteiger partial charge is 0.495 e. The average molecular weight is 340 g/mol. The fourth-order valence-electron chi connectivity index (χ4n) is 2.38. The highest BCUT2D eigenvalue weighted by atomic mass is 35.5. The molecule has 2 atom stereocenters. The molecule has 4 N–H and O–H groups in total. The van der Waals surface area contributed by atoms with Crippen LogP contribution >= 0.6 is 11.6 Å². The van der Waals surface area contributed by atoms with Crippen LogP contribution in [-0.4, -0.2) is 36.9 Å². The van der Waals surface area contributed by atoms with E-state index in [9.17, 15) is 14.4 Å². The molecule has 2 rings (SSSR count). The van der Waals surface area contributed by atoms with Crippen molar-refractivity contribution in [1.29, 1.82) is 0 Å². The Labute approximate surface area is 138 Å². The van der Waals surface area contributed by atoms with Gasteiger partial charge in [-0.2, -0.15) is 0 Å². The third-order valence-corrected chi connectivity index (χ3v) is 3.92. The van der Waals surface area contributed by atoms with E-state index in [0.29, 0.717) is 23.6 Å². The SMILES string of the molecule is COc1ccc(C[C@H](NC(=O)[C@H]2CCC(=O)N2)C(N)=O)cc1Cl. The van der Waals surface area contributed by atoms with Crippen molar-refractivity contribution >= 4 is 29.3 Å². The van der Waals surface area contributed by atoms with Crippen molar-refractivity contribution in [2.75, 3.05) is 7.11 Å². The van der Waals surface area contributed by atoms with Crippen molar-refractivity contribution < 1.29 is 19.1 Å². The van der Waals surface area contributed by atoms with Gasteiger partial charge in [0.1, 0.15) is 17.8 Å². The molecule has 8 heteroatoms. The zero-order chi connectivity index (χ0) is 17.0. The van der Waals surface area contributed by atoms with E-state index in [1.165, 1.54) is 7.11 Å². The lowest BCUT2D eigenvalue weighted by atomic mass is 10.0. The number of halogens is 1. The molecular weight excluding hydrogens is 322 g/mol. The lowest BCUT2D eigenvalue weighted by Gasteiger charge is -2.18. The molecule has 1 aromatic carbocycles. The third kappa shape index (κ3) is 4.35. The van der Waals surface area contributed by atoms with Crippen molar-refractivity contribution in [3.05, 3.63) is 28.8 Å². The second-order valence-electron chi connectivity index (χ2n) is 5.30. The molecule has 1 saturated heterocycles. The highest BCUT2D eigenvalue weighted by Crippen LogP contribution is 2.25. The summed E-state index contributed by atoms with van der Waals surface area (Å²) >= 11 is 6.04. The van der Waals surface area contributed by atoms with E-state index in [2.05, 4.69) is 10.6 Å². The molecule has 1 fully saturated rings. The van der Waals surface area contributed by atoms with Gasteiger partial charge in [0.15, 0.2) is 0 Å². The monoisotopic (exact) mass is 339 g/mol. The van der Waals surface area contributed by atoms with E-state index < -0.39 is 23.9 Å². The lowest BCUT2D eigenvalue weighted by Crippen LogP contribution is -2.51. The Hall–Kier alpha value is -2.28. The molecular formula is C15H18ClN3O4. The second-order valence-corrected chi connectivity index (χ2v) is 5.70. The standard InChI is InChI=1S/C15H18ClN3O4/c1-23-12-4-2-8(6-9(12)16)7-11(14(17)21)19-15(22)10-3-5-13(20)18-10/h2,4,6,10-11H,3,5,7H2,1H3,(H2,17,21)(H,18,20)(H,19,22)/t10-,11+/m1/s1. The molecule has 1 aliphatic rings. The van der Waals surface area contributed by atoms with Crippen LogP contribution in [0.2, 0.25) is 5.02 Å². The van der Waals surface area contributed by atoms with Crippen molar-refractivity contribution in [3.8, 4) is 5.75 Å². The Morgan fingerprint density at radius 1 is 1.52 bits per heavy atom. The molecule has 0 spiro atoms. The van der Waals surface area contributed by atoms with E-state index >= 15 is 0 Å². The molecule has 0 saturated carbocycles. The summed E-state index contributed by atoms with van der Waals surface area (Å²) in [4.78, 5) is 34.8. The average Bonchev–Trinajstić information content (AvgIpc) is 2.93. The summed E-state index contributed by atoms with van der Waals surface area (Å²) < 4.78 is 5.06. The maximum absolute atomic E-state index is 12.1. The molecule has 124 valence electrons.